The first-order valence-corrected chi connectivity index (χ1v) is 4.55. The number of hydrogen-bond donors (Lipinski definition) is 0. The van der Waals surface area contributed by atoms with Crippen LogP contribution in [0.15, 0.2) is 22.8 Å². The van der Waals surface area contributed by atoms with Gasteiger partial charge in [-0.05, 0) is 12.1 Å². The third-order valence-electron chi connectivity index (χ3n) is 1.83. The maximum atomic E-state index is 12.1. The zero-order chi connectivity index (χ0) is 14.0. The third kappa shape index (κ3) is 4.30. The van der Waals surface area contributed by atoms with Gasteiger partial charge >= 0.3 is 18.3 Å². The van der Waals surface area contributed by atoms with Gasteiger partial charge in [-0.1, -0.05) is 0 Å². The summed E-state index contributed by atoms with van der Waals surface area (Å²) in [5.74, 6) is -2.73. The molecule has 1 aromatic rings. The van der Waals surface area contributed by atoms with Crippen LogP contribution in [0.4, 0.5) is 26.3 Å². The normalized spacial score (nSPS) is 12.6. The molecule has 0 atom stereocenters. The van der Waals surface area contributed by atoms with Crippen LogP contribution < -0.4 is 0 Å². The summed E-state index contributed by atoms with van der Waals surface area (Å²) >= 11 is 0. The Kier molecular flexibility index (Phi) is 3.92. The molecule has 1 rings (SSSR count). The molecular formula is C9H7F6NO2. The zero-order valence-corrected chi connectivity index (χ0v) is 8.68. The zero-order valence-electron chi connectivity index (χ0n) is 8.68. The molecule has 102 valence electrons. The fourth-order valence-corrected chi connectivity index (χ4v) is 1.19. The summed E-state index contributed by atoms with van der Waals surface area (Å²) in [6.45, 7) is -2.89. The summed E-state index contributed by atoms with van der Waals surface area (Å²) in [6, 6.07) is 2.46. The lowest BCUT2D eigenvalue weighted by Crippen LogP contribution is -2.45. The number of amides is 1. The lowest BCUT2D eigenvalue weighted by atomic mass is 10.3. The highest BCUT2D eigenvalue weighted by Gasteiger charge is 2.46. The van der Waals surface area contributed by atoms with E-state index in [-0.39, 0.29) is 10.7 Å². The van der Waals surface area contributed by atoms with Crippen molar-refractivity contribution in [2.75, 3.05) is 6.54 Å². The first kappa shape index (κ1) is 14.4. The number of carbonyl (C=O) groups excluding carboxylic acids is 1. The molecular weight excluding hydrogens is 268 g/mol. The van der Waals surface area contributed by atoms with E-state index in [4.69, 9.17) is 0 Å². The summed E-state index contributed by atoms with van der Waals surface area (Å²) in [4.78, 5) is 10.5. The largest absolute Gasteiger partial charge is 0.471 e. The maximum Gasteiger partial charge on any atom is 0.471 e. The Morgan fingerprint density at radius 2 is 1.83 bits per heavy atom. The molecule has 0 aliphatic carbocycles. The molecule has 1 aromatic heterocycles. The van der Waals surface area contributed by atoms with Crippen molar-refractivity contribution in [3.63, 3.8) is 0 Å². The summed E-state index contributed by atoms with van der Waals surface area (Å²) in [5.41, 5.74) is 0. The minimum Gasteiger partial charge on any atom is -0.467 e. The molecule has 0 saturated heterocycles. The SMILES string of the molecule is O=C(N(Cc1ccco1)CC(F)(F)F)C(F)(F)F. The highest BCUT2D eigenvalue weighted by Crippen LogP contribution is 2.24. The number of alkyl halides is 6. The van der Waals surface area contributed by atoms with Crippen molar-refractivity contribution in [1.29, 1.82) is 0 Å². The highest BCUT2D eigenvalue weighted by molar-refractivity contribution is 5.81. The van der Waals surface area contributed by atoms with Crippen LogP contribution in [0, 0.1) is 0 Å². The Balaban J connectivity index is 2.85. The van der Waals surface area contributed by atoms with Crippen LogP contribution in [-0.2, 0) is 11.3 Å². The summed E-state index contributed by atoms with van der Waals surface area (Å²) in [5, 5.41) is 0. The molecule has 1 amide bonds. The first-order chi connectivity index (χ1) is 8.09. The Morgan fingerprint density at radius 3 is 2.22 bits per heavy atom. The van der Waals surface area contributed by atoms with Crippen molar-refractivity contribution in [2.45, 2.75) is 18.9 Å². The maximum absolute atomic E-state index is 12.1. The minimum absolute atomic E-state index is 0.170. The van der Waals surface area contributed by atoms with Crippen LogP contribution in [0.2, 0.25) is 0 Å². The molecule has 0 N–H and O–H groups in total. The molecule has 0 saturated carbocycles. The molecule has 0 fully saturated rings. The van der Waals surface area contributed by atoms with Crippen molar-refractivity contribution < 1.29 is 35.6 Å². The minimum atomic E-state index is -5.36. The Morgan fingerprint density at radius 1 is 1.22 bits per heavy atom. The number of nitrogens with zero attached hydrogens (tertiary/aromatic N) is 1. The first-order valence-electron chi connectivity index (χ1n) is 4.55. The van der Waals surface area contributed by atoms with Crippen LogP contribution in [0.1, 0.15) is 5.76 Å². The molecule has 0 unspecified atom stereocenters. The van der Waals surface area contributed by atoms with Crippen LogP contribution in [0.25, 0.3) is 0 Å². The van der Waals surface area contributed by atoms with E-state index >= 15 is 0 Å². The van der Waals surface area contributed by atoms with E-state index < -0.39 is 31.3 Å². The van der Waals surface area contributed by atoms with E-state index in [0.717, 1.165) is 6.26 Å². The molecule has 0 radical (unpaired) electrons. The third-order valence-corrected chi connectivity index (χ3v) is 1.83. The molecule has 3 nitrogen and oxygen atoms in total. The smallest absolute Gasteiger partial charge is 0.467 e. The average molecular weight is 275 g/mol. The van der Waals surface area contributed by atoms with Crippen molar-refractivity contribution in [1.82, 2.24) is 4.90 Å². The molecule has 9 heteroatoms. The van der Waals surface area contributed by atoms with Gasteiger partial charge in [-0.3, -0.25) is 4.79 Å². The van der Waals surface area contributed by atoms with Crippen LogP contribution in [0.5, 0.6) is 0 Å². The quantitative estimate of drug-likeness (QED) is 0.795. The Labute approximate surface area is 97.0 Å². The van der Waals surface area contributed by atoms with E-state index in [1.54, 1.807) is 0 Å². The molecule has 0 aliphatic heterocycles. The fraction of sp³-hybridized carbons (Fsp3) is 0.444. The molecule has 0 aromatic carbocycles. The fourth-order valence-electron chi connectivity index (χ4n) is 1.19. The van der Waals surface area contributed by atoms with Crippen LogP contribution in [0.3, 0.4) is 0 Å². The number of halogens is 6. The van der Waals surface area contributed by atoms with Gasteiger partial charge in [0.15, 0.2) is 0 Å². The predicted molar refractivity (Wildman–Crippen MR) is 46.2 cm³/mol. The monoisotopic (exact) mass is 275 g/mol. The van der Waals surface area contributed by atoms with E-state index in [1.165, 1.54) is 12.1 Å². The summed E-state index contributed by atoms with van der Waals surface area (Å²) in [7, 11) is 0. The molecule has 0 aliphatic rings. The van der Waals surface area contributed by atoms with E-state index in [9.17, 15) is 31.1 Å². The van der Waals surface area contributed by atoms with Crippen LogP contribution in [-0.4, -0.2) is 29.7 Å². The van der Waals surface area contributed by atoms with Gasteiger partial charge in [0.25, 0.3) is 0 Å². The second-order valence-electron chi connectivity index (χ2n) is 3.35. The molecule has 0 bridgehead atoms. The molecule has 18 heavy (non-hydrogen) atoms. The van der Waals surface area contributed by atoms with Gasteiger partial charge in [0.05, 0.1) is 12.8 Å². The second-order valence-corrected chi connectivity index (χ2v) is 3.35. The number of hydrogen-bond acceptors (Lipinski definition) is 2. The summed E-state index contributed by atoms with van der Waals surface area (Å²) < 4.78 is 77.2. The van der Waals surface area contributed by atoms with Gasteiger partial charge in [-0.2, -0.15) is 26.3 Å². The predicted octanol–water partition coefficient (Wildman–Crippen LogP) is 2.73. The summed E-state index contributed by atoms with van der Waals surface area (Å²) in [6.07, 6.45) is -9.20. The Hall–Kier alpha value is -1.67. The second kappa shape index (κ2) is 4.91. The van der Waals surface area contributed by atoms with Crippen molar-refractivity contribution in [3.05, 3.63) is 24.2 Å². The number of carbonyl (C=O) groups is 1. The lowest BCUT2D eigenvalue weighted by Gasteiger charge is -2.23. The molecule has 0 spiro atoms. The standard InChI is InChI=1S/C9H7F6NO2/c10-8(11,12)5-16(7(17)9(13,14)15)4-6-2-1-3-18-6/h1-3H,4-5H2. The van der Waals surface area contributed by atoms with E-state index in [0.29, 0.717) is 0 Å². The van der Waals surface area contributed by atoms with Crippen LogP contribution >= 0.6 is 0 Å². The van der Waals surface area contributed by atoms with E-state index in [2.05, 4.69) is 4.42 Å². The van der Waals surface area contributed by atoms with Gasteiger partial charge in [0.2, 0.25) is 0 Å². The van der Waals surface area contributed by atoms with E-state index in [1.807, 2.05) is 0 Å². The van der Waals surface area contributed by atoms with Gasteiger partial charge in [0, 0.05) is 0 Å². The highest BCUT2D eigenvalue weighted by atomic mass is 19.4. The molecule has 1 heterocycles. The van der Waals surface area contributed by atoms with Crippen molar-refractivity contribution in [2.24, 2.45) is 0 Å². The van der Waals surface area contributed by atoms with Gasteiger partial charge in [0.1, 0.15) is 12.3 Å². The number of rotatable bonds is 3. The van der Waals surface area contributed by atoms with Crippen molar-refractivity contribution in [3.8, 4) is 0 Å². The Bertz CT molecular complexity index is 394. The van der Waals surface area contributed by atoms with Gasteiger partial charge in [-0.25, -0.2) is 0 Å². The lowest BCUT2D eigenvalue weighted by molar-refractivity contribution is -0.199. The van der Waals surface area contributed by atoms with Crippen molar-refractivity contribution >= 4 is 5.91 Å². The van der Waals surface area contributed by atoms with Gasteiger partial charge < -0.3 is 9.32 Å². The van der Waals surface area contributed by atoms with Gasteiger partial charge in [-0.15, -0.1) is 0 Å². The topological polar surface area (TPSA) is 33.5 Å². The number of furan rings is 1. The average Bonchev–Trinajstić information content (AvgIpc) is 2.64.